The number of hydrogen-bond donors (Lipinski definition) is 1. The van der Waals surface area contributed by atoms with Gasteiger partial charge in [-0.1, -0.05) is 23.7 Å². The quantitative estimate of drug-likeness (QED) is 0.253. The molecule has 0 amide bonds. The highest BCUT2D eigenvalue weighted by molar-refractivity contribution is 7.85. The van der Waals surface area contributed by atoms with E-state index in [1.54, 1.807) is 6.92 Å². The Balaban J connectivity index is 2.40. The molecule has 0 bridgehead atoms. The Labute approximate surface area is 176 Å². The van der Waals surface area contributed by atoms with E-state index in [-0.39, 0.29) is 23.3 Å². The van der Waals surface area contributed by atoms with Gasteiger partial charge in [-0.25, -0.2) is 26.7 Å². The first-order valence-corrected chi connectivity index (χ1v) is 9.84. The average molecular weight is 456 g/mol. The summed E-state index contributed by atoms with van der Waals surface area (Å²) in [4.78, 5) is 10.4. The molecule has 162 valence electrons. The number of carbonyl (C=O) groups is 1. The van der Waals surface area contributed by atoms with E-state index < -0.39 is 63.1 Å². The van der Waals surface area contributed by atoms with E-state index in [1.165, 1.54) is 18.2 Å². The topological polar surface area (TPSA) is 63.6 Å². The third-order valence-corrected chi connectivity index (χ3v) is 4.88. The first kappa shape index (κ1) is 24.1. The van der Waals surface area contributed by atoms with E-state index in [0.29, 0.717) is 0 Å². The molecular formula is C21H13F5O4S. The van der Waals surface area contributed by atoms with Gasteiger partial charge in [0.15, 0.2) is 23.3 Å². The molecule has 10 heteroatoms. The van der Waals surface area contributed by atoms with Crippen LogP contribution in [0, 0.1) is 52.8 Å². The Morgan fingerprint density at radius 1 is 0.968 bits per heavy atom. The van der Waals surface area contributed by atoms with E-state index in [0.717, 1.165) is 0 Å². The average Bonchev–Trinajstić information content (AvgIpc) is 2.75. The summed E-state index contributed by atoms with van der Waals surface area (Å²) >= 11 is 0. The van der Waals surface area contributed by atoms with E-state index in [1.807, 2.05) is 0 Å². The minimum absolute atomic E-state index is 0.113. The van der Waals surface area contributed by atoms with Gasteiger partial charge in [0.25, 0.3) is 0 Å². The third-order valence-electron chi connectivity index (χ3n) is 3.66. The van der Waals surface area contributed by atoms with Gasteiger partial charge in [0.1, 0.15) is 11.5 Å². The van der Waals surface area contributed by atoms with Crippen molar-refractivity contribution >= 4 is 16.8 Å². The lowest BCUT2D eigenvalue weighted by atomic mass is 10.0. The smallest absolute Gasteiger partial charge is 0.338 e. The molecule has 0 aromatic heterocycles. The summed E-state index contributed by atoms with van der Waals surface area (Å²) in [5.41, 5.74) is 0.527. The van der Waals surface area contributed by atoms with Crippen molar-refractivity contribution in [2.75, 3.05) is 19.0 Å². The molecular weight excluding hydrogens is 443 g/mol. The van der Waals surface area contributed by atoms with Gasteiger partial charge in [-0.2, -0.15) is 0 Å². The van der Waals surface area contributed by atoms with Crippen LogP contribution in [0.25, 0.3) is 0 Å². The lowest BCUT2D eigenvalue weighted by Gasteiger charge is -2.06. The van der Waals surface area contributed by atoms with Gasteiger partial charge < -0.3 is 9.84 Å². The van der Waals surface area contributed by atoms with Crippen LogP contribution < -0.4 is 0 Å². The Morgan fingerprint density at radius 3 is 2.13 bits per heavy atom. The lowest BCUT2D eigenvalue weighted by Crippen LogP contribution is -2.10. The molecule has 0 aliphatic rings. The SMILES string of the molecule is CCOC(=O)c1ccc(C#CCO)c(C#CCS(=O)c2c(F)c(F)c(F)c(F)c2F)c1. The third kappa shape index (κ3) is 5.48. The van der Waals surface area contributed by atoms with Gasteiger partial charge >= 0.3 is 5.97 Å². The number of rotatable bonds is 4. The van der Waals surface area contributed by atoms with Crippen molar-refractivity contribution in [2.24, 2.45) is 0 Å². The predicted molar refractivity (Wildman–Crippen MR) is 101 cm³/mol. The number of carbonyl (C=O) groups excluding carboxylic acids is 1. The number of benzene rings is 2. The number of esters is 1. The molecule has 0 heterocycles. The molecule has 1 N–H and O–H groups in total. The van der Waals surface area contributed by atoms with Crippen molar-refractivity contribution in [1.29, 1.82) is 0 Å². The Bertz CT molecular complexity index is 1140. The summed E-state index contributed by atoms with van der Waals surface area (Å²) in [5.74, 6) is -2.82. The lowest BCUT2D eigenvalue weighted by molar-refractivity contribution is 0.0526. The predicted octanol–water partition coefficient (Wildman–Crippen LogP) is 3.06. The summed E-state index contributed by atoms with van der Waals surface area (Å²) in [6, 6.07) is 4.12. The minimum Gasteiger partial charge on any atom is -0.462 e. The zero-order chi connectivity index (χ0) is 23.1. The normalized spacial score (nSPS) is 11.1. The van der Waals surface area contributed by atoms with Gasteiger partial charge in [-0.3, -0.25) is 4.21 Å². The second-order valence-electron chi connectivity index (χ2n) is 5.63. The van der Waals surface area contributed by atoms with Crippen LogP contribution >= 0.6 is 0 Å². The molecule has 0 saturated carbocycles. The molecule has 2 rings (SSSR count). The fourth-order valence-electron chi connectivity index (χ4n) is 2.29. The van der Waals surface area contributed by atoms with Crippen molar-refractivity contribution in [1.82, 2.24) is 0 Å². The van der Waals surface area contributed by atoms with Crippen LogP contribution in [0.1, 0.15) is 28.4 Å². The summed E-state index contributed by atoms with van der Waals surface area (Å²) in [6.07, 6.45) is 0. The summed E-state index contributed by atoms with van der Waals surface area (Å²) < 4.78 is 84.2. The molecule has 0 radical (unpaired) electrons. The van der Waals surface area contributed by atoms with E-state index in [9.17, 15) is 31.0 Å². The highest BCUT2D eigenvalue weighted by Crippen LogP contribution is 2.25. The van der Waals surface area contributed by atoms with Crippen molar-refractivity contribution in [3.8, 4) is 23.7 Å². The summed E-state index contributed by atoms with van der Waals surface area (Å²) in [7, 11) is -2.68. The molecule has 1 unspecified atom stereocenters. The summed E-state index contributed by atoms with van der Waals surface area (Å²) in [6.45, 7) is 1.26. The van der Waals surface area contributed by atoms with Gasteiger partial charge in [-0.15, -0.1) is 0 Å². The molecule has 31 heavy (non-hydrogen) atoms. The molecule has 0 aliphatic heterocycles. The van der Waals surface area contributed by atoms with E-state index >= 15 is 0 Å². The van der Waals surface area contributed by atoms with E-state index in [2.05, 4.69) is 23.7 Å². The molecule has 0 aliphatic carbocycles. The monoisotopic (exact) mass is 456 g/mol. The highest BCUT2D eigenvalue weighted by Gasteiger charge is 2.28. The van der Waals surface area contributed by atoms with Gasteiger partial charge in [0.05, 0.1) is 28.7 Å². The zero-order valence-electron chi connectivity index (χ0n) is 15.8. The standard InChI is InChI=1S/C21H13F5O4S/c1-2-30-21(28)14-8-7-12(5-3-9-27)13(11-14)6-4-10-31(29)20-18(25)16(23)15(22)17(24)19(20)26/h7-8,11,27H,2,9-10H2,1H3. The van der Waals surface area contributed by atoms with Crippen LogP contribution in [-0.4, -0.2) is 34.3 Å². The molecule has 2 aromatic rings. The van der Waals surface area contributed by atoms with Crippen molar-refractivity contribution < 1.29 is 40.8 Å². The van der Waals surface area contributed by atoms with Gasteiger partial charge in [-0.05, 0) is 25.1 Å². The zero-order valence-corrected chi connectivity index (χ0v) is 16.6. The van der Waals surface area contributed by atoms with Crippen LogP contribution in [0.4, 0.5) is 22.0 Å². The number of ether oxygens (including phenoxy) is 1. The molecule has 2 aromatic carbocycles. The maximum absolute atomic E-state index is 13.8. The van der Waals surface area contributed by atoms with Crippen molar-refractivity contribution in [3.05, 3.63) is 64.0 Å². The molecule has 1 atom stereocenters. The van der Waals surface area contributed by atoms with E-state index in [4.69, 9.17) is 9.84 Å². The molecule has 0 fully saturated rings. The van der Waals surface area contributed by atoms with Crippen LogP contribution in [-0.2, 0) is 15.5 Å². The van der Waals surface area contributed by atoms with Crippen molar-refractivity contribution in [2.45, 2.75) is 11.8 Å². The van der Waals surface area contributed by atoms with Crippen molar-refractivity contribution in [3.63, 3.8) is 0 Å². The Hall–Kier alpha value is -3.21. The second-order valence-corrected chi connectivity index (χ2v) is 7.02. The van der Waals surface area contributed by atoms with Crippen LogP contribution in [0.2, 0.25) is 0 Å². The van der Waals surface area contributed by atoms with Crippen LogP contribution in [0.3, 0.4) is 0 Å². The molecule has 4 nitrogen and oxygen atoms in total. The maximum atomic E-state index is 13.8. The Kier molecular flexibility index (Phi) is 8.31. The minimum atomic E-state index is -2.68. The van der Waals surface area contributed by atoms with Gasteiger partial charge in [0.2, 0.25) is 5.82 Å². The molecule has 0 saturated heterocycles. The maximum Gasteiger partial charge on any atom is 0.338 e. The largest absolute Gasteiger partial charge is 0.462 e. The second kappa shape index (κ2) is 10.7. The first-order valence-electron chi connectivity index (χ1n) is 8.52. The number of aliphatic hydroxyl groups excluding tert-OH is 1. The highest BCUT2D eigenvalue weighted by atomic mass is 32.2. The number of aliphatic hydroxyl groups is 1. The fourth-order valence-corrected chi connectivity index (χ4v) is 3.21. The number of hydrogen-bond acceptors (Lipinski definition) is 4. The van der Waals surface area contributed by atoms with Gasteiger partial charge in [0, 0.05) is 11.1 Å². The van der Waals surface area contributed by atoms with Crippen LogP contribution in [0.5, 0.6) is 0 Å². The number of halogens is 5. The first-order chi connectivity index (χ1) is 14.7. The summed E-state index contributed by atoms with van der Waals surface area (Å²) in [5, 5.41) is 8.84. The Morgan fingerprint density at radius 2 is 1.55 bits per heavy atom. The van der Waals surface area contributed by atoms with Crippen LogP contribution in [0.15, 0.2) is 23.1 Å². The molecule has 0 spiro atoms. The fraction of sp³-hybridized carbons (Fsp3) is 0.190.